The highest BCUT2D eigenvalue weighted by atomic mass is 35.5. The highest BCUT2D eigenvalue weighted by Crippen LogP contribution is 2.46. The number of likely N-dealkylation sites (tertiary alicyclic amines) is 2. The van der Waals surface area contributed by atoms with Crippen molar-refractivity contribution in [3.8, 4) is 0 Å². The molecule has 2 amide bonds. The number of benzene rings is 1. The largest absolute Gasteiger partial charge is 0.384 e. The Kier molecular flexibility index (Phi) is 7.46. The molecule has 1 aromatic heterocycles. The van der Waals surface area contributed by atoms with Crippen LogP contribution in [-0.2, 0) is 20.9 Å². The van der Waals surface area contributed by atoms with Crippen LogP contribution in [0, 0.1) is 18.8 Å². The molecule has 3 aliphatic rings. The van der Waals surface area contributed by atoms with E-state index in [9.17, 15) is 14.4 Å². The van der Waals surface area contributed by atoms with Gasteiger partial charge in [0.2, 0.25) is 5.91 Å². The first-order valence-electron chi connectivity index (χ1n) is 13.3. The van der Waals surface area contributed by atoms with E-state index < -0.39 is 0 Å². The number of rotatable bonds is 9. The fourth-order valence-electron chi connectivity index (χ4n) is 6.12. The van der Waals surface area contributed by atoms with Gasteiger partial charge in [0.15, 0.2) is 5.78 Å². The molecule has 0 atom stereocenters. The molecule has 0 N–H and O–H groups in total. The van der Waals surface area contributed by atoms with Crippen molar-refractivity contribution in [1.29, 1.82) is 0 Å². The molecule has 8 heteroatoms. The first-order chi connectivity index (χ1) is 17.8. The summed E-state index contributed by atoms with van der Waals surface area (Å²) in [6.45, 7) is 9.11. The number of aromatic nitrogens is 1. The molecule has 2 saturated heterocycles. The van der Waals surface area contributed by atoms with Crippen molar-refractivity contribution < 1.29 is 19.1 Å². The van der Waals surface area contributed by atoms with Gasteiger partial charge in [-0.1, -0.05) is 18.2 Å². The molecule has 0 bridgehead atoms. The van der Waals surface area contributed by atoms with Gasteiger partial charge in [-0.15, -0.1) is 0 Å². The van der Waals surface area contributed by atoms with Crippen LogP contribution in [0.3, 0.4) is 0 Å². The summed E-state index contributed by atoms with van der Waals surface area (Å²) in [6.07, 6.45) is 5.65. The van der Waals surface area contributed by atoms with Crippen LogP contribution in [0.2, 0.25) is 5.02 Å². The van der Waals surface area contributed by atoms with Crippen molar-refractivity contribution >= 4 is 40.1 Å². The SMILES string of the molecule is C=CC(=O)N1CC(CC(=O)Cn2c(C3CC3)c(C(=O)N3CCC(COC)CC3)c3cc(Cl)cc(C)c32)C1. The number of aryl methyl sites for hydroxylation is 1. The molecule has 1 aromatic carbocycles. The maximum Gasteiger partial charge on any atom is 0.256 e. The van der Waals surface area contributed by atoms with Crippen LogP contribution < -0.4 is 0 Å². The predicted octanol–water partition coefficient (Wildman–Crippen LogP) is 4.58. The quantitative estimate of drug-likeness (QED) is 0.449. The van der Waals surface area contributed by atoms with Gasteiger partial charge in [0.05, 0.1) is 17.6 Å². The summed E-state index contributed by atoms with van der Waals surface area (Å²) >= 11 is 6.50. The van der Waals surface area contributed by atoms with E-state index in [2.05, 4.69) is 11.1 Å². The summed E-state index contributed by atoms with van der Waals surface area (Å²) in [5, 5.41) is 1.46. The number of Topliss-reactive ketones (excluding diaryl/α,β-unsaturated/α-hetero) is 1. The Hall–Kier alpha value is -2.64. The van der Waals surface area contributed by atoms with Gasteiger partial charge in [-0.3, -0.25) is 14.4 Å². The molecule has 7 nitrogen and oxygen atoms in total. The summed E-state index contributed by atoms with van der Waals surface area (Å²) in [5.41, 5.74) is 3.64. The predicted molar refractivity (Wildman–Crippen MR) is 144 cm³/mol. The van der Waals surface area contributed by atoms with Gasteiger partial charge in [-0.2, -0.15) is 0 Å². The van der Waals surface area contributed by atoms with Crippen molar-refractivity contribution in [2.45, 2.75) is 51.5 Å². The Morgan fingerprint density at radius 2 is 1.78 bits per heavy atom. The third-order valence-corrected chi connectivity index (χ3v) is 8.35. The van der Waals surface area contributed by atoms with E-state index in [0.717, 1.165) is 60.0 Å². The standard InChI is InChI=1S/C29H36ClN3O4/c1-4-25(35)32-14-20(15-32)12-23(34)16-33-27-18(2)11-22(30)13-24(27)26(28(33)21-5-6-21)29(36)31-9-7-19(8-10-31)17-37-3/h4,11,13,19-21H,1,5-10,12,14-17H2,2-3H3. The average molecular weight is 526 g/mol. The second-order valence-corrected chi connectivity index (χ2v) is 11.4. The number of ether oxygens (including phenoxy) is 1. The van der Waals surface area contributed by atoms with Crippen molar-refractivity contribution in [3.63, 3.8) is 0 Å². The van der Waals surface area contributed by atoms with E-state index in [1.54, 1.807) is 12.0 Å². The zero-order valence-electron chi connectivity index (χ0n) is 21.8. The molecular weight excluding hydrogens is 490 g/mol. The topological polar surface area (TPSA) is 71.9 Å². The number of ketones is 1. The monoisotopic (exact) mass is 525 g/mol. The lowest BCUT2D eigenvalue weighted by atomic mass is 9.94. The number of methoxy groups -OCH3 is 1. The van der Waals surface area contributed by atoms with E-state index >= 15 is 0 Å². The molecule has 2 aliphatic heterocycles. The Morgan fingerprint density at radius 3 is 2.41 bits per heavy atom. The summed E-state index contributed by atoms with van der Waals surface area (Å²) in [6, 6.07) is 3.81. The molecule has 2 aromatic rings. The lowest BCUT2D eigenvalue weighted by Crippen LogP contribution is -2.50. The molecule has 3 heterocycles. The van der Waals surface area contributed by atoms with Crippen LogP contribution in [0.5, 0.6) is 0 Å². The van der Waals surface area contributed by atoms with Gasteiger partial charge in [0, 0.05) is 74.3 Å². The zero-order valence-corrected chi connectivity index (χ0v) is 22.6. The lowest BCUT2D eigenvalue weighted by Gasteiger charge is -2.38. The number of carbonyl (C=O) groups is 3. The van der Waals surface area contributed by atoms with Gasteiger partial charge < -0.3 is 19.1 Å². The van der Waals surface area contributed by atoms with E-state index in [1.807, 2.05) is 24.0 Å². The number of fused-ring (bicyclic) bond motifs is 1. The highest BCUT2D eigenvalue weighted by molar-refractivity contribution is 6.31. The number of amides is 2. The highest BCUT2D eigenvalue weighted by Gasteiger charge is 2.38. The molecule has 0 spiro atoms. The Balaban J connectivity index is 1.44. The molecule has 1 aliphatic carbocycles. The molecule has 0 radical (unpaired) electrons. The van der Waals surface area contributed by atoms with Crippen LogP contribution in [-0.4, -0.2) is 71.9 Å². The minimum atomic E-state index is -0.0852. The molecule has 3 fully saturated rings. The molecular formula is C29H36ClN3O4. The van der Waals surface area contributed by atoms with Crippen LogP contribution in [0.4, 0.5) is 0 Å². The van der Waals surface area contributed by atoms with Gasteiger partial charge >= 0.3 is 0 Å². The maximum atomic E-state index is 14.0. The Morgan fingerprint density at radius 1 is 1.08 bits per heavy atom. The first-order valence-corrected chi connectivity index (χ1v) is 13.7. The van der Waals surface area contributed by atoms with Gasteiger partial charge in [0.25, 0.3) is 5.91 Å². The number of piperidine rings is 1. The summed E-state index contributed by atoms with van der Waals surface area (Å²) < 4.78 is 7.44. The maximum absolute atomic E-state index is 14.0. The number of hydrogen-bond donors (Lipinski definition) is 0. The van der Waals surface area contributed by atoms with E-state index in [1.165, 1.54) is 6.08 Å². The van der Waals surface area contributed by atoms with Gasteiger partial charge in [0.1, 0.15) is 0 Å². The summed E-state index contributed by atoms with van der Waals surface area (Å²) in [5.74, 6) is 1.03. The number of nitrogens with zero attached hydrogens (tertiary/aromatic N) is 3. The Bertz CT molecular complexity index is 1230. The van der Waals surface area contributed by atoms with Crippen LogP contribution in [0.25, 0.3) is 10.9 Å². The minimum absolute atomic E-state index is 0.0493. The summed E-state index contributed by atoms with van der Waals surface area (Å²) in [7, 11) is 1.73. The molecule has 37 heavy (non-hydrogen) atoms. The van der Waals surface area contributed by atoms with Crippen molar-refractivity contribution in [3.05, 3.63) is 46.6 Å². The van der Waals surface area contributed by atoms with Crippen molar-refractivity contribution in [2.24, 2.45) is 11.8 Å². The fraction of sp³-hybridized carbons (Fsp3) is 0.552. The summed E-state index contributed by atoms with van der Waals surface area (Å²) in [4.78, 5) is 42.7. The van der Waals surface area contributed by atoms with Gasteiger partial charge in [-0.25, -0.2) is 0 Å². The lowest BCUT2D eigenvalue weighted by molar-refractivity contribution is -0.134. The number of halogens is 1. The van der Waals surface area contributed by atoms with Crippen LogP contribution in [0.15, 0.2) is 24.8 Å². The number of carbonyl (C=O) groups excluding carboxylic acids is 3. The third-order valence-electron chi connectivity index (χ3n) is 8.13. The minimum Gasteiger partial charge on any atom is -0.384 e. The third kappa shape index (κ3) is 5.21. The molecule has 198 valence electrons. The smallest absolute Gasteiger partial charge is 0.256 e. The van der Waals surface area contributed by atoms with E-state index in [4.69, 9.17) is 16.3 Å². The fourth-order valence-corrected chi connectivity index (χ4v) is 6.39. The molecule has 0 unspecified atom stereocenters. The van der Waals surface area contributed by atoms with Crippen LogP contribution in [0.1, 0.15) is 59.6 Å². The second-order valence-electron chi connectivity index (χ2n) is 11.0. The first kappa shape index (κ1) is 26.0. The number of hydrogen-bond acceptors (Lipinski definition) is 4. The van der Waals surface area contributed by atoms with Gasteiger partial charge in [-0.05, 0) is 62.3 Å². The van der Waals surface area contributed by atoms with E-state index in [0.29, 0.717) is 43.5 Å². The van der Waals surface area contributed by atoms with Crippen molar-refractivity contribution in [1.82, 2.24) is 14.4 Å². The molecule has 5 rings (SSSR count). The Labute approximate surface area is 223 Å². The van der Waals surface area contributed by atoms with Crippen LogP contribution >= 0.6 is 11.6 Å². The van der Waals surface area contributed by atoms with Crippen molar-refractivity contribution in [2.75, 3.05) is 39.9 Å². The normalized spacial score (nSPS) is 18.8. The second kappa shape index (κ2) is 10.6. The zero-order chi connectivity index (χ0) is 26.3. The molecule has 1 saturated carbocycles. The van der Waals surface area contributed by atoms with E-state index in [-0.39, 0.29) is 36.0 Å². The average Bonchev–Trinajstić information content (AvgIpc) is 3.63.